The summed E-state index contributed by atoms with van der Waals surface area (Å²) in [4.78, 5) is 0. The molecule has 5 nitrogen and oxygen atoms in total. The Morgan fingerprint density at radius 2 is 1.75 bits per heavy atom. The smallest absolute Gasteiger partial charge is 0.143 e. The van der Waals surface area contributed by atoms with E-state index in [9.17, 15) is 0 Å². The Kier molecular flexibility index (Phi) is 3.73. The topological polar surface area (TPSA) is 52.8 Å². The van der Waals surface area contributed by atoms with Crippen molar-refractivity contribution < 1.29 is 4.74 Å². The zero-order valence-electron chi connectivity index (χ0n) is 10.5. The van der Waals surface area contributed by atoms with Crippen molar-refractivity contribution in [3.8, 4) is 11.4 Å². The van der Waals surface area contributed by atoms with Crippen molar-refractivity contribution in [2.24, 2.45) is 0 Å². The molecule has 0 aliphatic heterocycles. The first-order chi connectivity index (χ1) is 9.81. The Morgan fingerprint density at radius 1 is 1.00 bits per heavy atom. The van der Waals surface area contributed by atoms with Crippen molar-refractivity contribution in [1.29, 1.82) is 0 Å². The van der Waals surface area contributed by atoms with E-state index < -0.39 is 0 Å². The zero-order chi connectivity index (χ0) is 13.8. The third kappa shape index (κ3) is 3.03. The highest BCUT2D eigenvalue weighted by Gasteiger charge is 2.00. The first-order valence-electron chi connectivity index (χ1n) is 6.02. The Hall–Kier alpha value is -2.21. The largest absolute Gasteiger partial charge is 0.489 e. The Labute approximate surface area is 124 Å². The molecule has 0 aliphatic rings. The maximum atomic E-state index is 5.73. The van der Waals surface area contributed by atoms with Crippen molar-refractivity contribution in [3.05, 3.63) is 64.9 Å². The summed E-state index contributed by atoms with van der Waals surface area (Å²) in [5.74, 6) is 0.810. The van der Waals surface area contributed by atoms with Gasteiger partial charge in [-0.3, -0.25) is 0 Å². The molecule has 1 aromatic heterocycles. The van der Waals surface area contributed by atoms with Gasteiger partial charge in [0.25, 0.3) is 0 Å². The summed E-state index contributed by atoms with van der Waals surface area (Å²) in [6, 6.07) is 15.7. The lowest BCUT2D eigenvalue weighted by molar-refractivity contribution is 0.306. The summed E-state index contributed by atoms with van der Waals surface area (Å²) >= 11 is 3.41. The van der Waals surface area contributed by atoms with E-state index in [2.05, 4.69) is 31.5 Å². The second-order valence-electron chi connectivity index (χ2n) is 4.16. The average Bonchev–Trinajstić information content (AvgIpc) is 3.01. The highest BCUT2D eigenvalue weighted by Crippen LogP contribution is 2.17. The summed E-state index contributed by atoms with van der Waals surface area (Å²) in [5, 5.41) is 11.0. The molecular formula is C14H11BrN4O. The van der Waals surface area contributed by atoms with Gasteiger partial charge >= 0.3 is 0 Å². The Morgan fingerprint density at radius 3 is 2.40 bits per heavy atom. The van der Waals surface area contributed by atoms with Gasteiger partial charge in [0.05, 0.1) is 5.69 Å². The van der Waals surface area contributed by atoms with Gasteiger partial charge in [0.15, 0.2) is 0 Å². The first kappa shape index (κ1) is 12.8. The molecule has 0 spiro atoms. The minimum absolute atomic E-state index is 0.539. The highest BCUT2D eigenvalue weighted by molar-refractivity contribution is 9.10. The minimum Gasteiger partial charge on any atom is -0.489 e. The standard InChI is InChI=1S/C14H11BrN4O/c15-12-3-1-11(2-4-12)9-20-14-7-5-13(6-8-14)19-10-16-17-18-19/h1-8,10H,9H2. The lowest BCUT2D eigenvalue weighted by atomic mass is 10.2. The van der Waals surface area contributed by atoms with E-state index in [4.69, 9.17) is 4.74 Å². The molecule has 0 bridgehead atoms. The van der Waals surface area contributed by atoms with Crippen LogP contribution >= 0.6 is 15.9 Å². The van der Waals surface area contributed by atoms with Crippen LogP contribution in [-0.4, -0.2) is 20.2 Å². The van der Waals surface area contributed by atoms with Crippen LogP contribution in [0.5, 0.6) is 5.75 Å². The quantitative estimate of drug-likeness (QED) is 0.737. The molecule has 0 atom stereocenters. The molecule has 3 aromatic rings. The van der Waals surface area contributed by atoms with Crippen LogP contribution in [0.25, 0.3) is 5.69 Å². The second-order valence-corrected chi connectivity index (χ2v) is 5.08. The van der Waals surface area contributed by atoms with Crippen LogP contribution in [0.3, 0.4) is 0 Å². The van der Waals surface area contributed by atoms with Crippen LogP contribution in [0, 0.1) is 0 Å². The number of nitrogens with zero attached hydrogens (tertiary/aromatic N) is 4. The monoisotopic (exact) mass is 330 g/mol. The highest BCUT2D eigenvalue weighted by atomic mass is 79.9. The number of aromatic nitrogens is 4. The van der Waals surface area contributed by atoms with Crippen molar-refractivity contribution in [2.45, 2.75) is 6.61 Å². The molecule has 0 saturated heterocycles. The molecule has 0 fully saturated rings. The second kappa shape index (κ2) is 5.83. The third-order valence-electron chi connectivity index (χ3n) is 2.77. The van der Waals surface area contributed by atoms with E-state index in [0.29, 0.717) is 6.61 Å². The van der Waals surface area contributed by atoms with Crippen LogP contribution in [-0.2, 0) is 6.61 Å². The van der Waals surface area contributed by atoms with Gasteiger partial charge in [0.2, 0.25) is 0 Å². The number of hydrogen-bond acceptors (Lipinski definition) is 4. The van der Waals surface area contributed by atoms with E-state index in [1.54, 1.807) is 11.0 Å². The maximum absolute atomic E-state index is 5.73. The third-order valence-corrected chi connectivity index (χ3v) is 3.30. The predicted molar refractivity (Wildman–Crippen MR) is 77.6 cm³/mol. The van der Waals surface area contributed by atoms with Crippen molar-refractivity contribution in [3.63, 3.8) is 0 Å². The fourth-order valence-corrected chi connectivity index (χ4v) is 1.99. The van der Waals surface area contributed by atoms with Crippen LogP contribution in [0.1, 0.15) is 5.56 Å². The number of halogens is 1. The van der Waals surface area contributed by atoms with E-state index >= 15 is 0 Å². The molecule has 0 unspecified atom stereocenters. The van der Waals surface area contributed by atoms with Crippen LogP contribution in [0.2, 0.25) is 0 Å². The molecule has 3 rings (SSSR count). The molecule has 2 aromatic carbocycles. The van der Waals surface area contributed by atoms with E-state index in [0.717, 1.165) is 21.5 Å². The van der Waals surface area contributed by atoms with Gasteiger partial charge in [0.1, 0.15) is 18.7 Å². The van der Waals surface area contributed by atoms with Crippen molar-refractivity contribution >= 4 is 15.9 Å². The van der Waals surface area contributed by atoms with Gasteiger partial charge in [0, 0.05) is 4.47 Å². The predicted octanol–water partition coefficient (Wildman–Crippen LogP) is 3.00. The van der Waals surface area contributed by atoms with Crippen molar-refractivity contribution in [1.82, 2.24) is 20.2 Å². The van der Waals surface area contributed by atoms with Gasteiger partial charge in [-0.2, -0.15) is 0 Å². The lowest BCUT2D eigenvalue weighted by Gasteiger charge is -2.07. The van der Waals surface area contributed by atoms with Gasteiger partial charge in [-0.1, -0.05) is 28.1 Å². The molecule has 20 heavy (non-hydrogen) atoms. The number of ether oxygens (including phenoxy) is 1. The molecule has 100 valence electrons. The van der Waals surface area contributed by atoms with E-state index in [-0.39, 0.29) is 0 Å². The molecular weight excluding hydrogens is 320 g/mol. The summed E-state index contributed by atoms with van der Waals surface area (Å²) in [6.07, 6.45) is 1.55. The number of tetrazole rings is 1. The summed E-state index contributed by atoms with van der Waals surface area (Å²) in [6.45, 7) is 0.539. The van der Waals surface area contributed by atoms with Gasteiger partial charge < -0.3 is 4.74 Å². The Bertz CT molecular complexity index is 665. The van der Waals surface area contributed by atoms with Crippen LogP contribution in [0.4, 0.5) is 0 Å². The van der Waals surface area contributed by atoms with E-state index in [1.165, 1.54) is 0 Å². The molecule has 0 aliphatic carbocycles. The molecule has 0 saturated carbocycles. The van der Waals surface area contributed by atoms with Crippen molar-refractivity contribution in [2.75, 3.05) is 0 Å². The molecule has 0 amide bonds. The average molecular weight is 331 g/mol. The zero-order valence-corrected chi connectivity index (χ0v) is 12.1. The normalized spacial score (nSPS) is 10.4. The molecule has 1 heterocycles. The van der Waals surface area contributed by atoms with Crippen LogP contribution in [0.15, 0.2) is 59.3 Å². The molecule has 0 radical (unpaired) electrons. The summed E-state index contributed by atoms with van der Waals surface area (Å²) in [7, 11) is 0. The van der Waals surface area contributed by atoms with Gasteiger partial charge in [-0.25, -0.2) is 4.68 Å². The number of hydrogen-bond donors (Lipinski definition) is 0. The lowest BCUT2D eigenvalue weighted by Crippen LogP contribution is -1.97. The SMILES string of the molecule is Brc1ccc(COc2ccc(-n3cnnn3)cc2)cc1. The first-order valence-corrected chi connectivity index (χ1v) is 6.81. The summed E-state index contributed by atoms with van der Waals surface area (Å²) in [5.41, 5.74) is 2.02. The maximum Gasteiger partial charge on any atom is 0.143 e. The summed E-state index contributed by atoms with van der Waals surface area (Å²) < 4.78 is 8.39. The van der Waals surface area contributed by atoms with Gasteiger partial charge in [-0.15, -0.1) is 5.10 Å². The van der Waals surface area contributed by atoms with Gasteiger partial charge in [-0.05, 0) is 52.4 Å². The fraction of sp³-hybridized carbons (Fsp3) is 0.0714. The Balaban J connectivity index is 1.65. The van der Waals surface area contributed by atoms with Crippen LogP contribution < -0.4 is 4.74 Å². The molecule has 0 N–H and O–H groups in total. The fourth-order valence-electron chi connectivity index (χ4n) is 1.72. The number of rotatable bonds is 4. The number of benzene rings is 2. The molecule has 6 heteroatoms. The minimum atomic E-state index is 0.539. The van der Waals surface area contributed by atoms with E-state index in [1.807, 2.05) is 48.5 Å².